The van der Waals surface area contributed by atoms with Gasteiger partial charge in [-0.25, -0.2) is 0 Å². The first-order valence-corrected chi connectivity index (χ1v) is 5.13. The van der Waals surface area contributed by atoms with Gasteiger partial charge in [-0.15, -0.1) is 0 Å². The van der Waals surface area contributed by atoms with Crippen LogP contribution in [0, 0.1) is 0 Å². The summed E-state index contributed by atoms with van der Waals surface area (Å²) in [5, 5.41) is 0. The molecule has 0 saturated heterocycles. The highest BCUT2D eigenvalue weighted by Crippen LogP contribution is 2.22. The van der Waals surface area contributed by atoms with Crippen molar-refractivity contribution in [3.8, 4) is 5.75 Å². The summed E-state index contributed by atoms with van der Waals surface area (Å²) in [5.74, 6) is 0.625. The molecule has 2 rings (SSSR count). The summed E-state index contributed by atoms with van der Waals surface area (Å²) in [6.45, 7) is 0. The molecule has 4 heteroatoms. The first-order valence-electron chi connectivity index (χ1n) is 5.13. The summed E-state index contributed by atoms with van der Waals surface area (Å²) in [4.78, 5) is 0. The van der Waals surface area contributed by atoms with Crippen LogP contribution in [-0.2, 0) is 0 Å². The zero-order valence-electron chi connectivity index (χ0n) is 9.76. The van der Waals surface area contributed by atoms with E-state index in [0.717, 1.165) is 5.69 Å². The number of ether oxygens (including phenoxy) is 1. The normalized spacial score (nSPS) is 9.00. The fourth-order valence-corrected chi connectivity index (χ4v) is 1.18. The molecule has 0 fully saturated rings. The lowest BCUT2D eigenvalue weighted by Gasteiger charge is -2.03. The molecular weight excluding hydrogens is 214 g/mol. The third-order valence-corrected chi connectivity index (χ3v) is 2.06. The summed E-state index contributed by atoms with van der Waals surface area (Å²) in [6.07, 6.45) is 0. The van der Waals surface area contributed by atoms with E-state index in [0.29, 0.717) is 17.1 Å². The predicted octanol–water partition coefficient (Wildman–Crippen LogP) is 2.13. The van der Waals surface area contributed by atoms with Crippen LogP contribution in [-0.4, -0.2) is 7.11 Å². The molecule has 0 radical (unpaired) electrons. The number of nitrogen functional groups attached to an aromatic ring is 3. The number of hydrogen-bond donors (Lipinski definition) is 3. The summed E-state index contributed by atoms with van der Waals surface area (Å²) >= 11 is 0. The van der Waals surface area contributed by atoms with Gasteiger partial charge in [-0.2, -0.15) is 0 Å². The summed E-state index contributed by atoms with van der Waals surface area (Å²) < 4.78 is 4.92. The second-order valence-corrected chi connectivity index (χ2v) is 3.41. The molecule has 2 aromatic carbocycles. The predicted molar refractivity (Wildman–Crippen MR) is 72.7 cm³/mol. The lowest BCUT2D eigenvalue weighted by molar-refractivity contribution is 0.417. The number of rotatable bonds is 1. The third kappa shape index (κ3) is 4.34. The van der Waals surface area contributed by atoms with Crippen molar-refractivity contribution in [2.75, 3.05) is 24.3 Å². The van der Waals surface area contributed by atoms with Crippen LogP contribution in [0.25, 0.3) is 0 Å². The van der Waals surface area contributed by atoms with Gasteiger partial charge in [-0.05, 0) is 24.3 Å². The lowest BCUT2D eigenvalue weighted by atomic mass is 10.3. The zero-order chi connectivity index (χ0) is 12.7. The molecule has 0 aliphatic carbocycles. The van der Waals surface area contributed by atoms with Gasteiger partial charge >= 0.3 is 0 Å². The van der Waals surface area contributed by atoms with Crippen molar-refractivity contribution < 1.29 is 4.74 Å². The molecule has 0 aliphatic heterocycles. The Morgan fingerprint density at radius 1 is 0.824 bits per heavy atom. The van der Waals surface area contributed by atoms with Crippen molar-refractivity contribution in [3.63, 3.8) is 0 Å². The molecule has 0 spiro atoms. The second-order valence-electron chi connectivity index (χ2n) is 3.41. The Hall–Kier alpha value is -2.36. The highest BCUT2D eigenvalue weighted by molar-refractivity contribution is 5.59. The van der Waals surface area contributed by atoms with E-state index in [4.69, 9.17) is 21.9 Å². The van der Waals surface area contributed by atoms with Crippen LogP contribution in [0.5, 0.6) is 5.75 Å². The van der Waals surface area contributed by atoms with Gasteiger partial charge in [-0.1, -0.05) is 18.2 Å². The fraction of sp³-hybridized carbons (Fsp3) is 0.0769. The first-order chi connectivity index (χ1) is 8.13. The lowest BCUT2D eigenvalue weighted by Crippen LogP contribution is -1.93. The Bertz CT molecular complexity index is 457. The Kier molecular flexibility index (Phi) is 4.69. The molecule has 0 unspecified atom stereocenters. The van der Waals surface area contributed by atoms with E-state index < -0.39 is 0 Å². The summed E-state index contributed by atoms with van der Waals surface area (Å²) in [6, 6.07) is 14.6. The number of hydrogen-bond acceptors (Lipinski definition) is 4. The number of para-hydroxylation sites is 1. The average molecular weight is 231 g/mol. The van der Waals surface area contributed by atoms with Crippen LogP contribution in [0.15, 0.2) is 48.5 Å². The number of benzene rings is 2. The summed E-state index contributed by atoms with van der Waals surface area (Å²) in [5.41, 5.74) is 18.4. The minimum atomic E-state index is 0.608. The Morgan fingerprint density at radius 3 is 1.88 bits per heavy atom. The quantitative estimate of drug-likeness (QED) is 0.656. The maximum absolute atomic E-state index is 5.52. The highest BCUT2D eigenvalue weighted by atomic mass is 16.5. The molecule has 0 atom stereocenters. The molecule has 0 bridgehead atoms. The standard InChI is InChI=1S/C7H10N2O.C6H7N/c1-10-7-4-5(8)2-3-6(7)9;7-6-4-2-1-3-5-6/h2-4H,8-9H2,1H3;1-5H,7H2. The van der Waals surface area contributed by atoms with Gasteiger partial charge in [0.05, 0.1) is 12.8 Å². The van der Waals surface area contributed by atoms with Crippen LogP contribution in [0.4, 0.5) is 17.1 Å². The van der Waals surface area contributed by atoms with Crippen LogP contribution in [0.2, 0.25) is 0 Å². The van der Waals surface area contributed by atoms with E-state index in [9.17, 15) is 0 Å². The van der Waals surface area contributed by atoms with Gasteiger partial charge in [0.15, 0.2) is 0 Å². The second kappa shape index (κ2) is 6.27. The molecule has 0 aromatic heterocycles. The molecule has 0 heterocycles. The molecule has 6 N–H and O–H groups in total. The molecule has 0 amide bonds. The monoisotopic (exact) mass is 231 g/mol. The molecule has 90 valence electrons. The maximum Gasteiger partial charge on any atom is 0.143 e. The first kappa shape index (κ1) is 12.7. The van der Waals surface area contributed by atoms with Crippen molar-refractivity contribution in [1.82, 2.24) is 0 Å². The summed E-state index contributed by atoms with van der Waals surface area (Å²) in [7, 11) is 1.56. The van der Waals surface area contributed by atoms with E-state index in [-0.39, 0.29) is 0 Å². The van der Waals surface area contributed by atoms with E-state index in [1.54, 1.807) is 25.3 Å². The minimum absolute atomic E-state index is 0.608. The van der Waals surface area contributed by atoms with Crippen molar-refractivity contribution in [1.29, 1.82) is 0 Å². The number of anilines is 3. The fourth-order valence-electron chi connectivity index (χ4n) is 1.18. The van der Waals surface area contributed by atoms with Crippen molar-refractivity contribution in [2.24, 2.45) is 0 Å². The van der Waals surface area contributed by atoms with Crippen molar-refractivity contribution >= 4 is 17.1 Å². The maximum atomic E-state index is 5.52. The Labute approximate surface area is 101 Å². The van der Waals surface area contributed by atoms with Gasteiger partial charge in [0.1, 0.15) is 5.75 Å². The van der Waals surface area contributed by atoms with Crippen LogP contribution < -0.4 is 21.9 Å². The van der Waals surface area contributed by atoms with Gasteiger partial charge in [0.2, 0.25) is 0 Å². The Balaban J connectivity index is 0.000000181. The van der Waals surface area contributed by atoms with Gasteiger partial charge in [0.25, 0.3) is 0 Å². The van der Waals surface area contributed by atoms with Crippen LogP contribution >= 0.6 is 0 Å². The van der Waals surface area contributed by atoms with E-state index in [1.807, 2.05) is 30.3 Å². The van der Waals surface area contributed by atoms with Crippen LogP contribution in [0.3, 0.4) is 0 Å². The molecule has 17 heavy (non-hydrogen) atoms. The third-order valence-electron chi connectivity index (χ3n) is 2.06. The topological polar surface area (TPSA) is 87.3 Å². The van der Waals surface area contributed by atoms with Gasteiger partial charge in [-0.3, -0.25) is 0 Å². The van der Waals surface area contributed by atoms with Crippen molar-refractivity contribution in [3.05, 3.63) is 48.5 Å². The van der Waals surface area contributed by atoms with E-state index >= 15 is 0 Å². The Morgan fingerprint density at radius 2 is 1.47 bits per heavy atom. The molecule has 0 aliphatic rings. The number of nitrogens with two attached hydrogens (primary N) is 3. The average Bonchev–Trinajstić information content (AvgIpc) is 2.34. The smallest absolute Gasteiger partial charge is 0.143 e. The van der Waals surface area contributed by atoms with Crippen molar-refractivity contribution in [2.45, 2.75) is 0 Å². The SMILES string of the molecule is COc1cc(N)ccc1N.Nc1ccccc1. The molecule has 2 aromatic rings. The van der Waals surface area contributed by atoms with E-state index in [1.165, 1.54) is 0 Å². The van der Waals surface area contributed by atoms with Gasteiger partial charge in [0, 0.05) is 17.4 Å². The van der Waals surface area contributed by atoms with E-state index in [2.05, 4.69) is 0 Å². The van der Waals surface area contributed by atoms with Crippen LogP contribution in [0.1, 0.15) is 0 Å². The minimum Gasteiger partial charge on any atom is -0.495 e. The largest absolute Gasteiger partial charge is 0.495 e. The molecule has 0 saturated carbocycles. The zero-order valence-corrected chi connectivity index (χ0v) is 9.76. The molecular formula is C13H17N3O. The molecule has 4 nitrogen and oxygen atoms in total. The van der Waals surface area contributed by atoms with Gasteiger partial charge < -0.3 is 21.9 Å². The number of methoxy groups -OCH3 is 1. The highest BCUT2D eigenvalue weighted by Gasteiger charge is 1.96.